The second kappa shape index (κ2) is 7.26. The van der Waals surface area contributed by atoms with Crippen molar-refractivity contribution in [3.63, 3.8) is 0 Å². The molecule has 0 saturated heterocycles. The highest BCUT2D eigenvalue weighted by Crippen LogP contribution is 2.24. The Morgan fingerprint density at radius 1 is 1.00 bits per heavy atom. The maximum absolute atomic E-state index is 5.98. The molecule has 0 aliphatic carbocycles. The van der Waals surface area contributed by atoms with Gasteiger partial charge in [-0.2, -0.15) is 4.98 Å². The van der Waals surface area contributed by atoms with Crippen molar-refractivity contribution in [3.8, 4) is 0 Å². The topological polar surface area (TPSA) is 62.7 Å². The molecule has 0 aliphatic rings. The van der Waals surface area contributed by atoms with Crippen LogP contribution in [0.5, 0.6) is 0 Å². The van der Waals surface area contributed by atoms with Gasteiger partial charge in [0.05, 0.1) is 0 Å². The summed E-state index contributed by atoms with van der Waals surface area (Å²) in [5, 5.41) is 7.40. The molecule has 2 N–H and O–H groups in total. The van der Waals surface area contributed by atoms with E-state index in [0.29, 0.717) is 28.4 Å². The molecule has 0 spiro atoms. The molecule has 0 atom stereocenters. The summed E-state index contributed by atoms with van der Waals surface area (Å²) in [6.45, 7) is 0.632. The molecule has 0 unspecified atom stereocenters. The zero-order valence-corrected chi connectivity index (χ0v) is 13.5. The van der Waals surface area contributed by atoms with Crippen molar-refractivity contribution in [1.29, 1.82) is 0 Å². The smallest absolute Gasteiger partial charge is 0.229 e. The van der Waals surface area contributed by atoms with Gasteiger partial charge >= 0.3 is 0 Å². The van der Waals surface area contributed by atoms with Crippen LogP contribution in [0.1, 0.15) is 5.56 Å². The van der Waals surface area contributed by atoms with Gasteiger partial charge in [-0.05, 0) is 35.9 Å². The number of hydrogen-bond acceptors (Lipinski definition) is 5. The Hall–Kier alpha value is -2.37. The van der Waals surface area contributed by atoms with Gasteiger partial charge < -0.3 is 10.6 Å². The number of halogens is 2. The van der Waals surface area contributed by atoms with Crippen LogP contribution in [0.25, 0.3) is 0 Å². The quantitative estimate of drug-likeness (QED) is 0.710. The Bertz CT molecular complexity index is 775. The van der Waals surface area contributed by atoms with Crippen molar-refractivity contribution in [1.82, 2.24) is 15.0 Å². The lowest BCUT2D eigenvalue weighted by Gasteiger charge is -2.09. The van der Waals surface area contributed by atoms with Gasteiger partial charge in [0, 0.05) is 40.9 Å². The fourth-order valence-corrected chi connectivity index (χ4v) is 2.49. The zero-order chi connectivity index (χ0) is 16.1. The number of nitrogens with zero attached hydrogens (tertiary/aromatic N) is 3. The second-order valence-corrected chi connectivity index (χ2v) is 5.64. The van der Waals surface area contributed by atoms with Crippen LogP contribution in [0.3, 0.4) is 0 Å². The minimum absolute atomic E-state index is 0.458. The first-order chi connectivity index (χ1) is 11.2. The van der Waals surface area contributed by atoms with Crippen LogP contribution in [0.15, 0.2) is 55.0 Å². The Kier molecular flexibility index (Phi) is 4.90. The standard InChI is InChI=1S/C16H13Cl2N5/c17-12-6-13(18)8-14(7-12)22-16-20-5-3-15(23-16)21-10-11-2-1-4-19-9-11/h1-9H,10H2,(H2,20,21,22,23). The van der Waals surface area contributed by atoms with Gasteiger partial charge in [0.1, 0.15) is 5.82 Å². The van der Waals surface area contributed by atoms with E-state index < -0.39 is 0 Å². The lowest BCUT2D eigenvalue weighted by atomic mass is 10.3. The molecule has 1 aromatic carbocycles. The van der Waals surface area contributed by atoms with Crippen molar-refractivity contribution in [2.75, 3.05) is 10.6 Å². The highest BCUT2D eigenvalue weighted by Gasteiger charge is 2.03. The Labute approximate surface area is 143 Å². The summed E-state index contributed by atoms with van der Waals surface area (Å²) in [7, 11) is 0. The summed E-state index contributed by atoms with van der Waals surface area (Å²) in [4.78, 5) is 12.7. The van der Waals surface area contributed by atoms with Crippen LogP contribution in [-0.4, -0.2) is 15.0 Å². The SMILES string of the molecule is Clc1cc(Cl)cc(Nc2nccc(NCc3cccnc3)n2)c1. The van der Waals surface area contributed by atoms with E-state index >= 15 is 0 Å². The van der Waals surface area contributed by atoms with Crippen LogP contribution in [0.4, 0.5) is 17.5 Å². The molecule has 0 aliphatic heterocycles. The van der Waals surface area contributed by atoms with E-state index in [4.69, 9.17) is 23.2 Å². The maximum atomic E-state index is 5.98. The average Bonchev–Trinajstić information content (AvgIpc) is 2.53. The largest absolute Gasteiger partial charge is 0.366 e. The average molecular weight is 346 g/mol. The predicted octanol–water partition coefficient (Wildman–Crippen LogP) is 4.53. The van der Waals surface area contributed by atoms with Gasteiger partial charge in [-0.1, -0.05) is 29.3 Å². The molecule has 0 amide bonds. The normalized spacial score (nSPS) is 10.3. The number of nitrogens with one attached hydrogen (secondary N) is 2. The molecule has 0 saturated carbocycles. The summed E-state index contributed by atoms with van der Waals surface area (Å²) in [6, 6.07) is 10.9. The molecule has 0 bridgehead atoms. The molecule has 7 heteroatoms. The van der Waals surface area contributed by atoms with Crippen molar-refractivity contribution in [3.05, 3.63) is 70.6 Å². The molecule has 3 rings (SSSR count). The van der Waals surface area contributed by atoms with E-state index in [2.05, 4.69) is 25.6 Å². The van der Waals surface area contributed by atoms with Gasteiger partial charge in [0.15, 0.2) is 0 Å². The molecule has 116 valence electrons. The fraction of sp³-hybridized carbons (Fsp3) is 0.0625. The van der Waals surface area contributed by atoms with Crippen molar-refractivity contribution < 1.29 is 0 Å². The molecule has 2 aromatic heterocycles. The first kappa shape index (κ1) is 15.5. The first-order valence-corrected chi connectivity index (χ1v) is 7.63. The van der Waals surface area contributed by atoms with Crippen LogP contribution in [-0.2, 0) is 6.54 Å². The number of aromatic nitrogens is 3. The van der Waals surface area contributed by atoms with Gasteiger partial charge in [-0.15, -0.1) is 0 Å². The highest BCUT2D eigenvalue weighted by molar-refractivity contribution is 6.35. The molecule has 23 heavy (non-hydrogen) atoms. The fourth-order valence-electron chi connectivity index (χ4n) is 1.97. The zero-order valence-electron chi connectivity index (χ0n) is 12.0. The molecule has 2 heterocycles. The molecular weight excluding hydrogens is 333 g/mol. The predicted molar refractivity (Wildman–Crippen MR) is 93.3 cm³/mol. The third-order valence-electron chi connectivity index (χ3n) is 2.97. The maximum Gasteiger partial charge on any atom is 0.229 e. The Morgan fingerprint density at radius 3 is 2.57 bits per heavy atom. The summed E-state index contributed by atoms with van der Waals surface area (Å²) in [5.41, 5.74) is 1.80. The van der Waals surface area contributed by atoms with E-state index in [9.17, 15) is 0 Å². The van der Waals surface area contributed by atoms with E-state index in [-0.39, 0.29) is 0 Å². The number of pyridine rings is 1. The minimum Gasteiger partial charge on any atom is -0.366 e. The molecule has 5 nitrogen and oxygen atoms in total. The Morgan fingerprint density at radius 2 is 1.83 bits per heavy atom. The summed E-state index contributed by atoms with van der Waals surface area (Å²) >= 11 is 12.0. The summed E-state index contributed by atoms with van der Waals surface area (Å²) in [6.07, 6.45) is 5.22. The monoisotopic (exact) mass is 345 g/mol. The third kappa shape index (κ3) is 4.55. The van der Waals surface area contributed by atoms with Gasteiger partial charge in [-0.25, -0.2) is 4.98 Å². The van der Waals surface area contributed by atoms with Crippen LogP contribution < -0.4 is 10.6 Å². The van der Waals surface area contributed by atoms with Crippen molar-refractivity contribution in [2.24, 2.45) is 0 Å². The number of hydrogen-bond donors (Lipinski definition) is 2. The summed E-state index contributed by atoms with van der Waals surface area (Å²) < 4.78 is 0. The van der Waals surface area contributed by atoms with E-state index in [1.165, 1.54) is 0 Å². The van der Waals surface area contributed by atoms with E-state index in [0.717, 1.165) is 11.3 Å². The van der Waals surface area contributed by atoms with Crippen molar-refractivity contribution in [2.45, 2.75) is 6.54 Å². The summed E-state index contributed by atoms with van der Waals surface area (Å²) in [5.74, 6) is 1.17. The van der Waals surface area contributed by atoms with Crippen molar-refractivity contribution >= 4 is 40.7 Å². The van der Waals surface area contributed by atoms with Crippen LogP contribution in [0, 0.1) is 0 Å². The molecule has 0 fully saturated rings. The van der Waals surface area contributed by atoms with E-state index in [1.54, 1.807) is 42.9 Å². The molecule has 3 aromatic rings. The number of benzene rings is 1. The Balaban J connectivity index is 1.69. The van der Waals surface area contributed by atoms with Crippen LogP contribution >= 0.6 is 23.2 Å². The van der Waals surface area contributed by atoms with Gasteiger partial charge in [-0.3, -0.25) is 4.98 Å². The second-order valence-electron chi connectivity index (χ2n) is 4.76. The third-order valence-corrected chi connectivity index (χ3v) is 3.41. The van der Waals surface area contributed by atoms with Gasteiger partial charge in [0.2, 0.25) is 5.95 Å². The lowest BCUT2D eigenvalue weighted by Crippen LogP contribution is -2.04. The molecule has 0 radical (unpaired) electrons. The number of anilines is 3. The van der Waals surface area contributed by atoms with Gasteiger partial charge in [0.25, 0.3) is 0 Å². The minimum atomic E-state index is 0.458. The molecular formula is C16H13Cl2N5. The highest BCUT2D eigenvalue weighted by atomic mass is 35.5. The van der Waals surface area contributed by atoms with E-state index in [1.807, 2.05) is 12.1 Å². The van der Waals surface area contributed by atoms with Crippen LogP contribution in [0.2, 0.25) is 10.0 Å². The first-order valence-electron chi connectivity index (χ1n) is 6.88. The number of rotatable bonds is 5. The lowest BCUT2D eigenvalue weighted by molar-refractivity contribution is 1.07.